The summed E-state index contributed by atoms with van der Waals surface area (Å²) < 4.78 is 12.7. The predicted molar refractivity (Wildman–Crippen MR) is 102 cm³/mol. The quantitative estimate of drug-likeness (QED) is 0.455. The minimum absolute atomic E-state index is 0.374. The van der Waals surface area contributed by atoms with Crippen LogP contribution in [0.5, 0.6) is 0 Å². The average Bonchev–Trinajstić information content (AvgIpc) is 3.31. The minimum atomic E-state index is -0.374. The van der Waals surface area contributed by atoms with E-state index in [0.717, 1.165) is 21.5 Å². The highest BCUT2D eigenvalue weighted by molar-refractivity contribution is 7.16. The van der Waals surface area contributed by atoms with E-state index in [1.165, 1.54) is 7.11 Å². The van der Waals surface area contributed by atoms with Gasteiger partial charge in [-0.05, 0) is 36.6 Å². The highest BCUT2D eigenvalue weighted by Gasteiger charge is 2.20. The zero-order valence-corrected chi connectivity index (χ0v) is 15.7. The van der Waals surface area contributed by atoms with Crippen LogP contribution in [0, 0.1) is 6.92 Å². The number of benzene rings is 1. The van der Waals surface area contributed by atoms with Crippen molar-refractivity contribution in [3.63, 3.8) is 0 Å². The van der Waals surface area contributed by atoms with Crippen molar-refractivity contribution in [2.75, 3.05) is 7.11 Å². The second-order valence-corrected chi connectivity index (χ2v) is 7.09. The lowest BCUT2D eigenvalue weighted by atomic mass is 10.2. The first kappa shape index (κ1) is 16.9. The third kappa shape index (κ3) is 2.81. The van der Waals surface area contributed by atoms with Crippen molar-refractivity contribution >= 4 is 39.1 Å². The summed E-state index contributed by atoms with van der Waals surface area (Å²) in [5, 5.41) is 3.58. The Bertz CT molecular complexity index is 1110. The third-order valence-corrected chi connectivity index (χ3v) is 5.48. The second kappa shape index (κ2) is 6.63. The van der Waals surface area contributed by atoms with E-state index in [1.54, 1.807) is 17.4 Å². The van der Waals surface area contributed by atoms with E-state index in [9.17, 15) is 4.79 Å². The van der Waals surface area contributed by atoms with Crippen LogP contribution in [0.1, 0.15) is 21.9 Å². The lowest BCUT2D eigenvalue weighted by Crippen LogP contribution is -2.11. The molecule has 132 valence electrons. The Labute approximate surface area is 158 Å². The van der Waals surface area contributed by atoms with Gasteiger partial charge in [-0.3, -0.25) is 0 Å². The molecule has 0 atom stereocenters. The normalized spacial score (nSPS) is 11.2. The Balaban J connectivity index is 1.77. The fourth-order valence-corrected chi connectivity index (χ4v) is 3.99. The van der Waals surface area contributed by atoms with Crippen LogP contribution in [0.25, 0.3) is 21.7 Å². The fourth-order valence-electron chi connectivity index (χ4n) is 2.88. The molecular formula is C19H15ClN2O3S. The van der Waals surface area contributed by atoms with Crippen molar-refractivity contribution in [3.05, 3.63) is 63.9 Å². The summed E-state index contributed by atoms with van der Waals surface area (Å²) in [6, 6.07) is 11.2. The molecular weight excluding hydrogens is 372 g/mol. The molecule has 5 nitrogen and oxygen atoms in total. The molecule has 26 heavy (non-hydrogen) atoms. The first-order valence-electron chi connectivity index (χ1n) is 7.94. The summed E-state index contributed by atoms with van der Waals surface area (Å²) in [6.45, 7) is 2.27. The zero-order chi connectivity index (χ0) is 18.3. The highest BCUT2D eigenvalue weighted by atomic mass is 35.5. The van der Waals surface area contributed by atoms with Crippen molar-refractivity contribution in [1.29, 1.82) is 0 Å². The number of halogens is 1. The molecule has 0 radical (unpaired) electrons. The molecule has 0 N–H and O–H groups in total. The maximum Gasteiger partial charge on any atom is 0.354 e. The predicted octanol–water partition coefficient (Wildman–Crippen LogP) is 5.15. The van der Waals surface area contributed by atoms with E-state index in [0.29, 0.717) is 28.9 Å². The lowest BCUT2D eigenvalue weighted by molar-refractivity contribution is 0.0589. The molecule has 0 unspecified atom stereocenters. The lowest BCUT2D eigenvalue weighted by Gasteiger charge is -2.07. The maximum absolute atomic E-state index is 12.1. The van der Waals surface area contributed by atoms with Gasteiger partial charge >= 0.3 is 5.97 Å². The minimum Gasteiger partial charge on any atom is -0.464 e. The van der Waals surface area contributed by atoms with Gasteiger partial charge in [0.1, 0.15) is 22.0 Å². The van der Waals surface area contributed by atoms with E-state index in [2.05, 4.69) is 4.98 Å². The second-order valence-electron chi connectivity index (χ2n) is 5.79. The zero-order valence-electron chi connectivity index (χ0n) is 14.2. The molecule has 0 saturated heterocycles. The van der Waals surface area contributed by atoms with Crippen molar-refractivity contribution in [2.24, 2.45) is 0 Å². The first-order valence-corrected chi connectivity index (χ1v) is 9.20. The van der Waals surface area contributed by atoms with Gasteiger partial charge < -0.3 is 13.7 Å². The van der Waals surface area contributed by atoms with Gasteiger partial charge in [0.25, 0.3) is 0 Å². The molecule has 0 fully saturated rings. The molecule has 0 spiro atoms. The van der Waals surface area contributed by atoms with Crippen LogP contribution in [0.3, 0.4) is 0 Å². The highest BCUT2D eigenvalue weighted by Crippen LogP contribution is 2.31. The van der Waals surface area contributed by atoms with E-state index in [4.69, 9.17) is 20.8 Å². The van der Waals surface area contributed by atoms with Crippen LogP contribution >= 0.6 is 22.9 Å². The van der Waals surface area contributed by atoms with Gasteiger partial charge in [-0.25, -0.2) is 9.78 Å². The van der Waals surface area contributed by atoms with Crippen LogP contribution in [-0.4, -0.2) is 22.6 Å². The Hall–Kier alpha value is -2.57. The summed E-state index contributed by atoms with van der Waals surface area (Å²) in [6.07, 6.45) is 0. The van der Waals surface area contributed by atoms with E-state index in [1.807, 2.05) is 47.2 Å². The van der Waals surface area contributed by atoms with Gasteiger partial charge in [-0.2, -0.15) is 0 Å². The van der Waals surface area contributed by atoms with Crippen LogP contribution in [-0.2, 0) is 11.3 Å². The molecule has 4 rings (SSSR count). The summed E-state index contributed by atoms with van der Waals surface area (Å²) >= 11 is 7.82. The molecule has 3 aromatic heterocycles. The number of hydrogen-bond donors (Lipinski definition) is 0. The van der Waals surface area contributed by atoms with Crippen LogP contribution in [0.4, 0.5) is 0 Å². The number of thiophene rings is 1. The summed E-state index contributed by atoms with van der Waals surface area (Å²) in [5.74, 6) is 0.785. The topological polar surface area (TPSA) is 57.3 Å². The van der Waals surface area contributed by atoms with Crippen LogP contribution < -0.4 is 0 Å². The van der Waals surface area contributed by atoms with Gasteiger partial charge in [0, 0.05) is 5.39 Å². The van der Waals surface area contributed by atoms with E-state index in [-0.39, 0.29) is 5.97 Å². The number of carbonyl (C=O) groups excluding carboxylic acids is 1. The third-order valence-electron chi connectivity index (χ3n) is 4.20. The number of nitrogens with zero attached hydrogens (tertiary/aromatic N) is 2. The van der Waals surface area contributed by atoms with Gasteiger partial charge in [0.2, 0.25) is 5.89 Å². The number of esters is 1. The molecule has 0 aliphatic carbocycles. The molecule has 7 heteroatoms. The number of aromatic nitrogens is 2. The number of methoxy groups -OCH3 is 1. The molecule has 3 heterocycles. The SMILES string of the molecule is COC(=O)c1cc2ccsc2n1Cc1nc(-c2ccccc2Cl)oc1C. The van der Waals surface area contributed by atoms with Crippen LogP contribution in [0.2, 0.25) is 5.02 Å². The molecule has 0 amide bonds. The van der Waals surface area contributed by atoms with Gasteiger partial charge in [0.15, 0.2) is 0 Å². The number of hydrogen-bond acceptors (Lipinski definition) is 5. The van der Waals surface area contributed by atoms with Crippen molar-refractivity contribution in [3.8, 4) is 11.5 Å². The summed E-state index contributed by atoms with van der Waals surface area (Å²) in [7, 11) is 1.38. The van der Waals surface area contributed by atoms with Crippen molar-refractivity contribution in [2.45, 2.75) is 13.5 Å². The number of carbonyl (C=O) groups is 1. The molecule has 0 aliphatic heterocycles. The van der Waals surface area contributed by atoms with Crippen molar-refractivity contribution in [1.82, 2.24) is 9.55 Å². The number of aryl methyl sites for hydroxylation is 1. The van der Waals surface area contributed by atoms with Crippen LogP contribution in [0.15, 0.2) is 46.2 Å². The molecule has 1 aromatic carbocycles. The number of oxazole rings is 1. The maximum atomic E-state index is 12.1. The fraction of sp³-hybridized carbons (Fsp3) is 0.158. The number of fused-ring (bicyclic) bond motifs is 1. The Morgan fingerprint density at radius 1 is 1.35 bits per heavy atom. The smallest absolute Gasteiger partial charge is 0.354 e. The van der Waals surface area contributed by atoms with Gasteiger partial charge in [-0.15, -0.1) is 11.3 Å². The molecule has 0 saturated carbocycles. The Morgan fingerprint density at radius 3 is 2.92 bits per heavy atom. The van der Waals surface area contributed by atoms with Gasteiger partial charge in [-0.1, -0.05) is 23.7 Å². The van der Waals surface area contributed by atoms with Gasteiger partial charge in [0.05, 0.1) is 24.2 Å². The number of ether oxygens (including phenoxy) is 1. The molecule has 0 aliphatic rings. The number of rotatable bonds is 4. The van der Waals surface area contributed by atoms with E-state index < -0.39 is 0 Å². The Morgan fingerprint density at radius 2 is 2.15 bits per heavy atom. The standard InChI is InChI=1S/C19H15ClN2O3S/c1-11-15(21-17(25-11)13-5-3-4-6-14(13)20)10-22-16(19(23)24-2)9-12-7-8-26-18(12)22/h3-9H,10H2,1-2H3. The van der Waals surface area contributed by atoms with E-state index >= 15 is 0 Å². The van der Waals surface area contributed by atoms with Crippen molar-refractivity contribution < 1.29 is 13.9 Å². The largest absolute Gasteiger partial charge is 0.464 e. The average molecular weight is 387 g/mol. The molecule has 0 bridgehead atoms. The summed E-state index contributed by atoms with van der Waals surface area (Å²) in [5.41, 5.74) is 1.98. The first-order chi connectivity index (χ1) is 12.6. The summed E-state index contributed by atoms with van der Waals surface area (Å²) in [4.78, 5) is 17.8. The Kier molecular flexibility index (Phi) is 4.30. The molecule has 4 aromatic rings. The monoisotopic (exact) mass is 386 g/mol.